The molecule has 4 rings (SSSR count). The number of rotatable bonds is 7. The van der Waals surface area contributed by atoms with Gasteiger partial charge in [-0.3, -0.25) is 0 Å². The first kappa shape index (κ1) is 28.7. The third-order valence-electron chi connectivity index (χ3n) is 5.84. The molecule has 0 heterocycles. The van der Waals surface area contributed by atoms with Crippen LogP contribution in [0, 0.1) is 6.92 Å². The van der Waals surface area contributed by atoms with E-state index in [1.165, 1.54) is 0 Å². The second kappa shape index (κ2) is 11.2. The van der Waals surface area contributed by atoms with E-state index in [-0.39, 0.29) is 75.0 Å². The molecule has 3 aromatic rings. The summed E-state index contributed by atoms with van der Waals surface area (Å²) in [6, 6.07) is 16.7. The zero-order chi connectivity index (χ0) is 25.4. The minimum absolute atomic E-state index is 0. The number of amides is 1. The molecule has 1 N–H and O–H groups in total. The number of nitrogens with one attached hydrogen (secondary N) is 1. The van der Waals surface area contributed by atoms with Crippen molar-refractivity contribution in [1.82, 2.24) is 5.32 Å². The van der Waals surface area contributed by atoms with Gasteiger partial charge in [0.2, 0.25) is 0 Å². The zero-order valence-corrected chi connectivity index (χ0v) is 23.2. The Kier molecular flexibility index (Phi) is 8.95. The molecule has 1 aliphatic carbocycles. The van der Waals surface area contributed by atoms with Gasteiger partial charge in [0.05, 0.1) is 0 Å². The summed E-state index contributed by atoms with van der Waals surface area (Å²) in [5.74, 6) is -1.06. The Balaban J connectivity index is 0.00000361. The van der Waals surface area contributed by atoms with Gasteiger partial charge in [0, 0.05) is 12.5 Å². The minimum atomic E-state index is -5.56. The van der Waals surface area contributed by atoms with E-state index in [1.807, 2.05) is 48.5 Å². The Morgan fingerprint density at radius 1 is 1.00 bits per heavy atom. The van der Waals surface area contributed by atoms with Crippen LogP contribution in [0.3, 0.4) is 0 Å². The number of fused-ring (bicyclic) bond motifs is 3. The Bertz CT molecular complexity index is 1360. The van der Waals surface area contributed by atoms with Crippen LogP contribution in [0.15, 0.2) is 60.7 Å². The molecule has 0 atom stereocenters. The quantitative estimate of drug-likeness (QED) is 0.277. The molecule has 1 aliphatic rings. The van der Waals surface area contributed by atoms with Crippen LogP contribution in [0.5, 0.6) is 5.75 Å². The Labute approximate surface area is 248 Å². The first-order valence-corrected chi connectivity index (χ1v) is 11.8. The SMILES string of the molecule is Cc1c(CNC(=O)OCC2c3ccccc3-c3ccccc32)cc(OS(=O)(=O)F)cc1[B-](F)(F)F.[K+]. The molecule has 13 heteroatoms. The summed E-state index contributed by atoms with van der Waals surface area (Å²) >= 11 is 0. The maximum atomic E-state index is 13.4. The largest absolute Gasteiger partial charge is 1.00 e. The maximum Gasteiger partial charge on any atom is 1.00 e. The third-order valence-corrected chi connectivity index (χ3v) is 6.24. The zero-order valence-electron chi connectivity index (χ0n) is 19.3. The normalized spacial score (nSPS) is 12.8. The Morgan fingerprint density at radius 3 is 2.08 bits per heavy atom. The number of halogens is 4. The van der Waals surface area contributed by atoms with Gasteiger partial charge in [0.1, 0.15) is 12.4 Å². The van der Waals surface area contributed by atoms with Gasteiger partial charge >= 0.3 is 75.0 Å². The first-order valence-electron chi connectivity index (χ1n) is 10.5. The molecule has 0 bridgehead atoms. The predicted molar refractivity (Wildman–Crippen MR) is 122 cm³/mol. The number of ether oxygens (including phenoxy) is 1. The van der Waals surface area contributed by atoms with E-state index in [2.05, 4.69) is 9.50 Å². The monoisotopic (exact) mass is 547 g/mol. The van der Waals surface area contributed by atoms with Crippen LogP contribution in [-0.2, 0) is 21.8 Å². The summed E-state index contributed by atoms with van der Waals surface area (Å²) < 4.78 is 84.0. The number of carbonyl (C=O) groups is 1. The standard InChI is InChI=1S/C23H19BF4NO5S.K/c1-14-15(10-16(34-35(28,31)32)11-22(14)24(25,26)27)12-29-23(30)33-13-21-19-8-4-2-6-17(19)18-7-3-5-9-20(18)21;/h2-11,21H,12-13H2,1H3,(H,29,30);/q-1;+1. The molecule has 0 radical (unpaired) electrons. The average Bonchev–Trinajstić information content (AvgIpc) is 3.10. The van der Waals surface area contributed by atoms with E-state index in [1.54, 1.807) is 0 Å². The van der Waals surface area contributed by atoms with Crippen LogP contribution in [-0.4, -0.2) is 28.1 Å². The van der Waals surface area contributed by atoms with Crippen molar-refractivity contribution in [2.45, 2.75) is 19.4 Å². The smallest absolute Gasteiger partial charge is 0.449 e. The maximum absolute atomic E-state index is 13.4. The fourth-order valence-corrected chi connectivity index (χ4v) is 4.60. The summed E-state index contributed by atoms with van der Waals surface area (Å²) in [5.41, 5.74) is 2.55. The number of hydrogen-bond acceptors (Lipinski definition) is 5. The van der Waals surface area contributed by atoms with Gasteiger partial charge in [-0.1, -0.05) is 58.0 Å². The van der Waals surface area contributed by atoms with Crippen LogP contribution in [0.2, 0.25) is 0 Å². The molecule has 36 heavy (non-hydrogen) atoms. The van der Waals surface area contributed by atoms with Crippen molar-refractivity contribution in [2.75, 3.05) is 6.61 Å². The van der Waals surface area contributed by atoms with Crippen LogP contribution in [0.4, 0.5) is 21.6 Å². The summed E-state index contributed by atoms with van der Waals surface area (Å²) in [4.78, 5) is 12.4. The summed E-state index contributed by atoms with van der Waals surface area (Å²) in [6.45, 7) is -4.83. The molecule has 0 unspecified atom stereocenters. The summed E-state index contributed by atoms with van der Waals surface area (Å²) in [6.07, 6.45) is -0.880. The van der Waals surface area contributed by atoms with Crippen LogP contribution >= 0.6 is 0 Å². The van der Waals surface area contributed by atoms with Gasteiger partial charge in [-0.15, -0.1) is 5.46 Å². The molecule has 0 aliphatic heterocycles. The van der Waals surface area contributed by atoms with E-state index in [0.717, 1.165) is 35.2 Å². The van der Waals surface area contributed by atoms with E-state index in [9.17, 15) is 30.0 Å². The molecule has 3 aromatic carbocycles. The molecular formula is C23H19BF4KNO5S. The number of hydrogen-bond donors (Lipinski definition) is 1. The average molecular weight is 547 g/mol. The fourth-order valence-electron chi connectivity index (χ4n) is 4.27. The van der Waals surface area contributed by atoms with Crippen molar-refractivity contribution >= 4 is 29.0 Å². The van der Waals surface area contributed by atoms with Crippen LogP contribution in [0.1, 0.15) is 28.2 Å². The van der Waals surface area contributed by atoms with Crippen molar-refractivity contribution in [2.24, 2.45) is 0 Å². The van der Waals surface area contributed by atoms with Crippen molar-refractivity contribution in [3.05, 3.63) is 82.9 Å². The molecule has 0 aromatic heterocycles. The topological polar surface area (TPSA) is 81.7 Å². The molecular weight excluding hydrogens is 528 g/mol. The van der Waals surface area contributed by atoms with Crippen molar-refractivity contribution in [3.8, 4) is 16.9 Å². The van der Waals surface area contributed by atoms with Crippen molar-refractivity contribution < 1.29 is 90.3 Å². The molecule has 1 amide bonds. The van der Waals surface area contributed by atoms with Gasteiger partial charge in [0.15, 0.2) is 0 Å². The van der Waals surface area contributed by atoms with Gasteiger partial charge in [-0.2, -0.15) is 8.42 Å². The number of alkyl carbamates (subject to hydrolysis) is 1. The van der Waals surface area contributed by atoms with E-state index < -0.39 is 41.3 Å². The predicted octanol–water partition coefficient (Wildman–Crippen LogP) is 1.69. The number of benzene rings is 3. The Morgan fingerprint density at radius 2 is 1.56 bits per heavy atom. The van der Waals surface area contributed by atoms with Gasteiger partial charge in [0.25, 0.3) is 0 Å². The van der Waals surface area contributed by atoms with E-state index in [0.29, 0.717) is 6.07 Å². The van der Waals surface area contributed by atoms with Crippen LogP contribution < -0.4 is 66.3 Å². The third kappa shape index (κ3) is 6.50. The molecule has 6 nitrogen and oxygen atoms in total. The number of carbonyl (C=O) groups excluding carboxylic acids is 1. The van der Waals surface area contributed by atoms with Crippen molar-refractivity contribution in [1.29, 1.82) is 0 Å². The molecule has 0 saturated heterocycles. The van der Waals surface area contributed by atoms with Gasteiger partial charge in [-0.25, -0.2) is 4.79 Å². The second-order valence-corrected chi connectivity index (χ2v) is 8.98. The molecule has 0 saturated carbocycles. The molecule has 184 valence electrons. The molecule has 0 fully saturated rings. The fraction of sp³-hybridized carbons (Fsp3) is 0.174. The summed E-state index contributed by atoms with van der Waals surface area (Å²) in [7, 11) is -5.54. The minimum Gasteiger partial charge on any atom is -0.449 e. The van der Waals surface area contributed by atoms with Crippen LogP contribution in [0.25, 0.3) is 11.1 Å². The molecule has 0 spiro atoms. The second-order valence-electron chi connectivity index (χ2n) is 8.03. The van der Waals surface area contributed by atoms with Crippen molar-refractivity contribution in [3.63, 3.8) is 0 Å². The first-order chi connectivity index (χ1) is 16.4. The van der Waals surface area contributed by atoms with E-state index in [4.69, 9.17) is 4.74 Å². The van der Waals surface area contributed by atoms with Gasteiger partial charge in [-0.05, 0) is 46.9 Å². The summed E-state index contributed by atoms with van der Waals surface area (Å²) in [5, 5.41) is 2.36. The Hall–Kier alpha value is -1.90. The van der Waals surface area contributed by atoms with E-state index >= 15 is 0 Å². The van der Waals surface area contributed by atoms with Gasteiger partial charge < -0.3 is 27.2 Å².